The van der Waals surface area contributed by atoms with E-state index in [1.54, 1.807) is 37.3 Å². The van der Waals surface area contributed by atoms with Gasteiger partial charge >= 0.3 is 15.6 Å². The Labute approximate surface area is 243 Å². The van der Waals surface area contributed by atoms with Crippen LogP contribution in [0.5, 0.6) is 11.5 Å². The normalized spacial score (nSPS) is 13.5. The number of rotatable bonds is 9. The summed E-state index contributed by atoms with van der Waals surface area (Å²) in [5.41, 5.74) is -4.40. The second-order valence-corrected chi connectivity index (χ2v) is 11.9. The number of carbonyl (C=O) groups is 1. The van der Waals surface area contributed by atoms with Crippen molar-refractivity contribution in [3.05, 3.63) is 108 Å². The Morgan fingerprint density at radius 2 is 1.76 bits per heavy atom. The third kappa shape index (κ3) is 6.04. The van der Waals surface area contributed by atoms with Crippen molar-refractivity contribution in [3.8, 4) is 21.9 Å². The summed E-state index contributed by atoms with van der Waals surface area (Å²) in [5, 5.41) is 0.351. The van der Waals surface area contributed by atoms with E-state index in [2.05, 4.69) is 9.08 Å². The minimum absolute atomic E-state index is 0.201. The Balaban J connectivity index is 1.48. The molecule has 5 rings (SSSR count). The largest absolute Gasteiger partial charge is 0.534 e. The Morgan fingerprint density at radius 3 is 2.45 bits per heavy atom. The smallest absolute Gasteiger partial charge is 0.492 e. The summed E-state index contributed by atoms with van der Waals surface area (Å²) in [6.45, 7) is 3.45. The summed E-state index contributed by atoms with van der Waals surface area (Å²) in [6, 6.07) is 14.4. The van der Waals surface area contributed by atoms with E-state index in [9.17, 15) is 30.8 Å². The molecule has 218 valence electrons. The Hall–Kier alpha value is -4.16. The minimum atomic E-state index is -5.90. The predicted molar refractivity (Wildman–Crippen MR) is 153 cm³/mol. The summed E-state index contributed by atoms with van der Waals surface area (Å²) in [6.07, 6.45) is 7.91. The second kappa shape index (κ2) is 11.6. The molecule has 6 nitrogen and oxygen atoms in total. The van der Waals surface area contributed by atoms with Crippen molar-refractivity contribution in [1.82, 2.24) is 4.90 Å². The van der Waals surface area contributed by atoms with E-state index >= 15 is 0 Å². The van der Waals surface area contributed by atoms with Crippen LogP contribution in [0.15, 0.2) is 85.1 Å². The number of halogens is 4. The van der Waals surface area contributed by atoms with Gasteiger partial charge in [0.05, 0.1) is 6.54 Å². The van der Waals surface area contributed by atoms with Crippen LogP contribution in [0.25, 0.3) is 20.5 Å². The molecule has 3 aromatic carbocycles. The third-order valence-corrected chi connectivity index (χ3v) is 8.70. The van der Waals surface area contributed by atoms with E-state index in [4.69, 9.17) is 4.74 Å². The summed E-state index contributed by atoms with van der Waals surface area (Å²) in [5.74, 6) is -0.915. The maximum absolute atomic E-state index is 14.5. The first-order valence-corrected chi connectivity index (χ1v) is 14.8. The van der Waals surface area contributed by atoms with Crippen LogP contribution in [0.2, 0.25) is 0 Å². The molecule has 4 aromatic rings. The number of benzene rings is 3. The molecule has 42 heavy (non-hydrogen) atoms. The molecular formula is C30H23F4NO5S2. The van der Waals surface area contributed by atoms with Crippen molar-refractivity contribution in [2.24, 2.45) is 0 Å². The number of carbonyl (C=O) groups excluding carboxylic acids is 1. The number of ketones is 1. The number of fused-ring (bicyclic) bond motifs is 1. The molecule has 0 saturated carbocycles. The fourth-order valence-electron chi connectivity index (χ4n) is 4.37. The molecule has 0 bridgehead atoms. The van der Waals surface area contributed by atoms with E-state index in [-0.39, 0.29) is 15.8 Å². The van der Waals surface area contributed by atoms with Gasteiger partial charge < -0.3 is 13.8 Å². The molecule has 0 N–H and O–H groups in total. The highest BCUT2D eigenvalue weighted by Gasteiger charge is 2.48. The molecule has 12 heteroatoms. The number of thiophene rings is 1. The van der Waals surface area contributed by atoms with Gasteiger partial charge in [0.2, 0.25) is 0 Å². The van der Waals surface area contributed by atoms with Crippen molar-refractivity contribution in [1.29, 1.82) is 0 Å². The monoisotopic (exact) mass is 617 g/mol. The quantitative estimate of drug-likeness (QED) is 0.0854. The van der Waals surface area contributed by atoms with Crippen molar-refractivity contribution < 1.29 is 39.7 Å². The van der Waals surface area contributed by atoms with E-state index in [0.29, 0.717) is 40.3 Å². The molecule has 0 amide bonds. The third-order valence-electron chi connectivity index (χ3n) is 6.54. The number of alkyl halides is 3. The first-order valence-electron chi connectivity index (χ1n) is 12.6. The molecule has 0 radical (unpaired) electrons. The van der Waals surface area contributed by atoms with Crippen LogP contribution >= 0.6 is 11.3 Å². The van der Waals surface area contributed by atoms with Crippen molar-refractivity contribution >= 4 is 37.3 Å². The summed E-state index contributed by atoms with van der Waals surface area (Å²) >= 11 is 1.02. The van der Waals surface area contributed by atoms with E-state index < -0.39 is 33.0 Å². The Bertz CT molecular complexity index is 1810. The topological polar surface area (TPSA) is 72.9 Å². The highest BCUT2D eigenvalue weighted by atomic mass is 32.2. The van der Waals surface area contributed by atoms with Crippen molar-refractivity contribution in [2.45, 2.75) is 12.4 Å². The van der Waals surface area contributed by atoms with E-state index in [1.807, 2.05) is 24.4 Å². The fraction of sp³-hybridized carbons (Fsp3) is 0.167. The van der Waals surface area contributed by atoms with Crippen LogP contribution in [0, 0.1) is 12.7 Å². The van der Waals surface area contributed by atoms with Gasteiger partial charge in [0.1, 0.15) is 23.9 Å². The van der Waals surface area contributed by atoms with E-state index in [1.165, 1.54) is 18.2 Å². The number of allylic oxidation sites excluding steroid dienone is 2. The fourth-order valence-corrected chi connectivity index (χ4v) is 6.13. The maximum atomic E-state index is 14.5. The SMILES string of the molecule is Cc1c(F)cccc1-c1sc2cc(OS(=O)(=O)C(F)(F)F)ccc2c1C(=O)c1ccc(OCCN2C=CC=CC2)cc1. The van der Waals surface area contributed by atoms with Gasteiger partial charge in [-0.05, 0) is 78.9 Å². The average molecular weight is 618 g/mol. The summed E-state index contributed by atoms with van der Waals surface area (Å²) < 4.78 is 86.6. The van der Waals surface area contributed by atoms with Gasteiger partial charge in [-0.25, -0.2) is 4.39 Å². The maximum Gasteiger partial charge on any atom is 0.534 e. The van der Waals surface area contributed by atoms with Gasteiger partial charge in [-0.1, -0.05) is 24.3 Å². The highest BCUT2D eigenvalue weighted by Crippen LogP contribution is 2.43. The molecule has 1 aliphatic heterocycles. The highest BCUT2D eigenvalue weighted by molar-refractivity contribution is 7.88. The Kier molecular flexibility index (Phi) is 8.11. The van der Waals surface area contributed by atoms with E-state index in [0.717, 1.165) is 30.0 Å². The van der Waals surface area contributed by atoms with Crippen LogP contribution in [0.3, 0.4) is 0 Å². The van der Waals surface area contributed by atoms with Gasteiger partial charge in [-0.15, -0.1) is 11.3 Å². The zero-order valence-electron chi connectivity index (χ0n) is 22.0. The van der Waals surface area contributed by atoms with Crippen LogP contribution in [0.1, 0.15) is 21.5 Å². The number of nitrogens with zero attached hydrogens (tertiary/aromatic N) is 1. The zero-order chi connectivity index (χ0) is 30.1. The molecule has 0 unspecified atom stereocenters. The molecule has 0 aliphatic carbocycles. The second-order valence-electron chi connectivity index (χ2n) is 9.33. The average Bonchev–Trinajstić information content (AvgIpc) is 3.32. The standard InChI is InChI=1S/C30H23F4NO5S2/c1-19-23(6-5-7-25(19)31)29-27(24-13-12-22(18-26(24)41-29)40-42(37,38)30(32,33)34)28(36)20-8-10-21(11-9-20)39-17-16-35-14-3-2-4-15-35/h2-14,18H,15-17H2,1H3. The summed E-state index contributed by atoms with van der Waals surface area (Å²) in [7, 11) is -5.90. The van der Waals surface area contributed by atoms with Crippen LogP contribution in [0.4, 0.5) is 17.6 Å². The lowest BCUT2D eigenvalue weighted by atomic mass is 9.96. The molecule has 1 aliphatic rings. The molecule has 1 aromatic heterocycles. The van der Waals surface area contributed by atoms with Crippen LogP contribution in [-0.4, -0.2) is 44.3 Å². The van der Waals surface area contributed by atoms with Crippen LogP contribution < -0.4 is 8.92 Å². The lowest BCUT2D eigenvalue weighted by molar-refractivity contribution is -0.0500. The van der Waals surface area contributed by atoms with Crippen LogP contribution in [-0.2, 0) is 10.1 Å². The molecule has 2 heterocycles. The van der Waals surface area contributed by atoms with Gasteiger partial charge in [-0.3, -0.25) is 4.79 Å². The van der Waals surface area contributed by atoms with Gasteiger partial charge in [0, 0.05) is 32.6 Å². The van der Waals surface area contributed by atoms with Gasteiger partial charge in [-0.2, -0.15) is 21.6 Å². The molecule has 0 saturated heterocycles. The summed E-state index contributed by atoms with van der Waals surface area (Å²) in [4.78, 5) is 16.3. The number of hydrogen-bond donors (Lipinski definition) is 0. The lowest BCUT2D eigenvalue weighted by Gasteiger charge is -2.20. The lowest BCUT2D eigenvalue weighted by Crippen LogP contribution is -2.28. The first-order chi connectivity index (χ1) is 19.9. The minimum Gasteiger partial charge on any atom is -0.492 e. The number of hydrogen-bond acceptors (Lipinski definition) is 7. The molecule has 0 atom stereocenters. The molecule has 0 fully saturated rings. The van der Waals surface area contributed by atoms with Crippen molar-refractivity contribution in [2.75, 3.05) is 19.7 Å². The zero-order valence-corrected chi connectivity index (χ0v) is 23.7. The molecule has 0 spiro atoms. The molecular weight excluding hydrogens is 594 g/mol. The first kappa shape index (κ1) is 29.3. The van der Waals surface area contributed by atoms with Gasteiger partial charge in [0.15, 0.2) is 5.78 Å². The Morgan fingerprint density at radius 1 is 1.02 bits per heavy atom. The number of ether oxygens (including phenoxy) is 1. The predicted octanol–water partition coefficient (Wildman–Crippen LogP) is 7.24. The van der Waals surface area contributed by atoms with Crippen molar-refractivity contribution in [3.63, 3.8) is 0 Å². The van der Waals surface area contributed by atoms with Gasteiger partial charge in [0.25, 0.3) is 0 Å².